The van der Waals surface area contributed by atoms with Gasteiger partial charge in [-0.1, -0.05) is 11.6 Å². The Hall–Kier alpha value is -2.93. The SMILES string of the molecule is Cc1ccnc(NC(=O)C2CCN(C(=O)C3CCCN(C(=O)c4ccc(Cl)cc4)C3)CC2)c1. The minimum absolute atomic E-state index is 0.0439. The molecule has 1 unspecified atom stereocenters. The number of halogens is 1. The molecule has 3 amide bonds. The van der Waals surface area contributed by atoms with Gasteiger partial charge < -0.3 is 15.1 Å². The molecule has 2 aromatic rings. The van der Waals surface area contributed by atoms with E-state index in [0.29, 0.717) is 55.4 Å². The summed E-state index contributed by atoms with van der Waals surface area (Å²) in [7, 11) is 0. The second-order valence-corrected chi connectivity index (χ2v) is 9.34. The smallest absolute Gasteiger partial charge is 0.253 e. The summed E-state index contributed by atoms with van der Waals surface area (Å²) in [5.74, 6) is 0.207. The Morgan fingerprint density at radius 2 is 1.70 bits per heavy atom. The lowest BCUT2D eigenvalue weighted by Gasteiger charge is -2.37. The zero-order valence-corrected chi connectivity index (χ0v) is 19.6. The van der Waals surface area contributed by atoms with Crippen LogP contribution in [0.15, 0.2) is 42.6 Å². The maximum absolute atomic E-state index is 13.2. The minimum atomic E-state index is -0.197. The van der Waals surface area contributed by atoms with Crippen LogP contribution in [0.4, 0.5) is 5.82 Å². The van der Waals surface area contributed by atoms with Crippen LogP contribution in [-0.4, -0.2) is 58.7 Å². The fourth-order valence-electron chi connectivity index (χ4n) is 4.59. The Bertz CT molecular complexity index is 1020. The van der Waals surface area contributed by atoms with Crippen LogP contribution in [0.1, 0.15) is 41.6 Å². The van der Waals surface area contributed by atoms with E-state index in [1.54, 1.807) is 35.4 Å². The van der Waals surface area contributed by atoms with Gasteiger partial charge >= 0.3 is 0 Å². The molecule has 2 fully saturated rings. The number of likely N-dealkylation sites (tertiary alicyclic amines) is 2. The van der Waals surface area contributed by atoms with E-state index in [1.165, 1.54) is 0 Å². The molecule has 0 saturated carbocycles. The van der Waals surface area contributed by atoms with Crippen LogP contribution in [0.2, 0.25) is 5.02 Å². The topological polar surface area (TPSA) is 82.6 Å². The monoisotopic (exact) mass is 468 g/mol. The Balaban J connectivity index is 1.29. The molecule has 3 heterocycles. The molecular formula is C25H29ClN4O3. The largest absolute Gasteiger partial charge is 0.342 e. The summed E-state index contributed by atoms with van der Waals surface area (Å²) in [5.41, 5.74) is 1.62. The van der Waals surface area contributed by atoms with Crippen molar-refractivity contribution in [3.05, 3.63) is 58.7 Å². The molecule has 0 bridgehead atoms. The summed E-state index contributed by atoms with van der Waals surface area (Å²) in [5, 5.41) is 3.48. The van der Waals surface area contributed by atoms with Crippen molar-refractivity contribution in [3.63, 3.8) is 0 Å². The zero-order chi connectivity index (χ0) is 23.4. The molecule has 7 nitrogen and oxygen atoms in total. The molecule has 4 rings (SSSR count). The summed E-state index contributed by atoms with van der Waals surface area (Å²) in [6.45, 7) is 4.15. The number of amides is 3. The lowest BCUT2D eigenvalue weighted by molar-refractivity contribution is -0.139. The average molecular weight is 469 g/mol. The Morgan fingerprint density at radius 3 is 2.39 bits per heavy atom. The molecule has 2 aliphatic rings. The van der Waals surface area contributed by atoms with Crippen molar-refractivity contribution in [2.24, 2.45) is 11.8 Å². The van der Waals surface area contributed by atoms with E-state index in [2.05, 4.69) is 10.3 Å². The predicted octanol–water partition coefficient (Wildman–Crippen LogP) is 3.77. The number of nitrogens with zero attached hydrogens (tertiary/aromatic N) is 3. The normalized spacial score (nSPS) is 19.3. The van der Waals surface area contributed by atoms with E-state index in [1.807, 2.05) is 24.0 Å². The number of aryl methyl sites for hydroxylation is 1. The van der Waals surface area contributed by atoms with Gasteiger partial charge in [-0.05, 0) is 74.6 Å². The first kappa shape index (κ1) is 23.2. The van der Waals surface area contributed by atoms with Crippen LogP contribution >= 0.6 is 11.6 Å². The second-order valence-electron chi connectivity index (χ2n) is 8.90. The van der Waals surface area contributed by atoms with Crippen LogP contribution in [0.3, 0.4) is 0 Å². The van der Waals surface area contributed by atoms with Crippen molar-refractivity contribution in [2.75, 3.05) is 31.5 Å². The van der Waals surface area contributed by atoms with E-state index in [-0.39, 0.29) is 29.6 Å². The van der Waals surface area contributed by atoms with Crippen LogP contribution < -0.4 is 5.32 Å². The van der Waals surface area contributed by atoms with Crippen molar-refractivity contribution in [1.29, 1.82) is 0 Å². The molecule has 0 aliphatic carbocycles. The highest BCUT2D eigenvalue weighted by molar-refractivity contribution is 6.30. The molecule has 174 valence electrons. The number of carbonyl (C=O) groups is 3. The molecule has 1 N–H and O–H groups in total. The van der Waals surface area contributed by atoms with Gasteiger partial charge in [-0.25, -0.2) is 4.98 Å². The number of rotatable bonds is 4. The number of aromatic nitrogens is 1. The van der Waals surface area contributed by atoms with Crippen molar-refractivity contribution >= 4 is 35.1 Å². The summed E-state index contributed by atoms with van der Waals surface area (Å²) in [6.07, 6.45) is 4.52. The lowest BCUT2D eigenvalue weighted by Crippen LogP contribution is -2.49. The molecule has 1 aromatic carbocycles. The standard InChI is InChI=1S/C25H29ClN4O3/c1-17-8-11-27-22(15-17)28-23(31)18-9-13-29(14-10-18)25(33)20-3-2-12-30(16-20)24(32)19-4-6-21(26)7-5-19/h4-8,11,15,18,20H,2-3,9-10,12-14,16H2,1H3,(H,27,28,31). The van der Waals surface area contributed by atoms with Crippen LogP contribution in [0.25, 0.3) is 0 Å². The van der Waals surface area contributed by atoms with E-state index in [4.69, 9.17) is 11.6 Å². The van der Waals surface area contributed by atoms with Gasteiger partial charge in [-0.2, -0.15) is 0 Å². The second kappa shape index (κ2) is 10.3. The summed E-state index contributed by atoms with van der Waals surface area (Å²) < 4.78 is 0. The first-order valence-electron chi connectivity index (χ1n) is 11.5. The number of benzene rings is 1. The Kier molecular flexibility index (Phi) is 7.28. The number of anilines is 1. The van der Waals surface area contributed by atoms with E-state index < -0.39 is 0 Å². The van der Waals surface area contributed by atoms with Gasteiger partial charge in [0.1, 0.15) is 5.82 Å². The van der Waals surface area contributed by atoms with Gasteiger partial charge in [0, 0.05) is 48.9 Å². The number of carbonyl (C=O) groups excluding carboxylic acids is 3. The molecule has 0 spiro atoms. The van der Waals surface area contributed by atoms with Crippen molar-refractivity contribution in [2.45, 2.75) is 32.6 Å². The van der Waals surface area contributed by atoms with Crippen molar-refractivity contribution in [3.8, 4) is 0 Å². The number of hydrogen-bond acceptors (Lipinski definition) is 4. The summed E-state index contributed by atoms with van der Waals surface area (Å²) in [6, 6.07) is 10.6. The number of hydrogen-bond donors (Lipinski definition) is 1. The maximum Gasteiger partial charge on any atom is 0.253 e. The van der Waals surface area contributed by atoms with Gasteiger partial charge in [-0.15, -0.1) is 0 Å². The molecule has 33 heavy (non-hydrogen) atoms. The maximum atomic E-state index is 13.2. The minimum Gasteiger partial charge on any atom is -0.342 e. The fraction of sp³-hybridized carbons (Fsp3) is 0.440. The number of pyridine rings is 1. The van der Waals surface area contributed by atoms with Crippen LogP contribution in [0.5, 0.6) is 0 Å². The van der Waals surface area contributed by atoms with Gasteiger partial charge in [0.25, 0.3) is 5.91 Å². The van der Waals surface area contributed by atoms with Crippen LogP contribution in [-0.2, 0) is 9.59 Å². The highest BCUT2D eigenvalue weighted by atomic mass is 35.5. The highest BCUT2D eigenvalue weighted by Crippen LogP contribution is 2.25. The van der Waals surface area contributed by atoms with Crippen molar-refractivity contribution < 1.29 is 14.4 Å². The van der Waals surface area contributed by atoms with E-state index in [9.17, 15) is 14.4 Å². The Labute approximate surface area is 199 Å². The first-order chi connectivity index (χ1) is 15.9. The molecule has 1 atom stereocenters. The zero-order valence-electron chi connectivity index (χ0n) is 18.8. The number of nitrogens with one attached hydrogen (secondary N) is 1. The van der Waals surface area contributed by atoms with Gasteiger partial charge in [-0.3, -0.25) is 14.4 Å². The van der Waals surface area contributed by atoms with E-state index >= 15 is 0 Å². The molecule has 1 aromatic heterocycles. The third kappa shape index (κ3) is 5.71. The van der Waals surface area contributed by atoms with Gasteiger partial charge in [0.15, 0.2) is 0 Å². The van der Waals surface area contributed by atoms with Crippen molar-refractivity contribution in [1.82, 2.24) is 14.8 Å². The third-order valence-corrected chi connectivity index (χ3v) is 6.75. The van der Waals surface area contributed by atoms with Crippen LogP contribution in [0, 0.1) is 18.8 Å². The fourth-order valence-corrected chi connectivity index (χ4v) is 4.72. The molecule has 0 radical (unpaired) electrons. The molecule has 2 aliphatic heterocycles. The third-order valence-electron chi connectivity index (χ3n) is 6.49. The quantitative estimate of drug-likeness (QED) is 0.740. The molecule has 8 heteroatoms. The average Bonchev–Trinajstić information content (AvgIpc) is 2.84. The molecular weight excluding hydrogens is 440 g/mol. The first-order valence-corrected chi connectivity index (χ1v) is 11.9. The predicted molar refractivity (Wildman–Crippen MR) is 127 cm³/mol. The lowest BCUT2D eigenvalue weighted by atomic mass is 9.92. The highest BCUT2D eigenvalue weighted by Gasteiger charge is 2.34. The Morgan fingerprint density at radius 1 is 0.970 bits per heavy atom. The summed E-state index contributed by atoms with van der Waals surface area (Å²) in [4.78, 5) is 46.5. The van der Waals surface area contributed by atoms with Gasteiger partial charge in [0.2, 0.25) is 11.8 Å². The van der Waals surface area contributed by atoms with E-state index in [0.717, 1.165) is 18.4 Å². The number of piperidine rings is 2. The summed E-state index contributed by atoms with van der Waals surface area (Å²) >= 11 is 5.93. The molecule has 2 saturated heterocycles. The van der Waals surface area contributed by atoms with Gasteiger partial charge in [0.05, 0.1) is 5.92 Å².